The molecule has 2 aliphatic heterocycles. The predicted molar refractivity (Wildman–Crippen MR) is 109 cm³/mol. The Morgan fingerprint density at radius 3 is 2.12 bits per heavy atom. The third kappa shape index (κ3) is 4.04. The summed E-state index contributed by atoms with van der Waals surface area (Å²) in [7, 11) is 0. The smallest absolute Gasteiger partial charge is 0.311 e. The fourth-order valence-electron chi connectivity index (χ4n) is 3.45. The van der Waals surface area contributed by atoms with Crippen LogP contribution in [0.3, 0.4) is 0 Å². The molecule has 2 fully saturated rings. The number of aromatic hydroxyl groups is 2. The Morgan fingerprint density at radius 2 is 1.56 bits per heavy atom. The van der Waals surface area contributed by atoms with Gasteiger partial charge in [-0.05, 0) is 13.3 Å². The van der Waals surface area contributed by atoms with Crippen molar-refractivity contribution in [1.82, 2.24) is 0 Å². The average Bonchev–Trinajstić information content (AvgIpc) is 3.65. The van der Waals surface area contributed by atoms with E-state index in [0.717, 1.165) is 26.2 Å². The van der Waals surface area contributed by atoms with Gasteiger partial charge in [-0.15, -0.1) is 0 Å². The molecule has 2 aliphatic rings. The lowest BCUT2D eigenvalue weighted by molar-refractivity contribution is -0.134. The molecule has 2 saturated heterocycles. The van der Waals surface area contributed by atoms with Crippen LogP contribution in [0.25, 0.3) is 6.08 Å². The normalized spacial score (nSPS) is 14.9. The summed E-state index contributed by atoms with van der Waals surface area (Å²) < 4.78 is 58.2. The number of ether oxygens (including phenoxy) is 1. The summed E-state index contributed by atoms with van der Waals surface area (Å²) in [5, 5.41) is 21.5. The monoisotopic (exact) mass is 452 g/mol. The number of rotatable bonds is 7. The molecule has 2 aromatic carbocycles. The largest absolute Gasteiger partial charge is 0.505 e. The van der Waals surface area contributed by atoms with Gasteiger partial charge >= 0.3 is 5.97 Å². The molecule has 0 radical (unpaired) electrons. The maximum Gasteiger partial charge on any atom is 0.311 e. The van der Waals surface area contributed by atoms with Gasteiger partial charge in [-0.2, -0.15) is 8.78 Å². The van der Waals surface area contributed by atoms with Gasteiger partial charge in [0.1, 0.15) is 11.5 Å². The van der Waals surface area contributed by atoms with Crippen LogP contribution in [0.5, 0.6) is 17.2 Å². The van der Waals surface area contributed by atoms with Gasteiger partial charge in [0.2, 0.25) is 17.4 Å². The van der Waals surface area contributed by atoms with Crippen LogP contribution < -0.4 is 14.5 Å². The van der Waals surface area contributed by atoms with E-state index in [1.165, 1.54) is 6.08 Å². The Labute approximate surface area is 180 Å². The van der Waals surface area contributed by atoms with Crippen molar-refractivity contribution in [3.63, 3.8) is 0 Å². The molecular weight excluding hydrogens is 432 g/mol. The van der Waals surface area contributed by atoms with Gasteiger partial charge in [0, 0.05) is 49.8 Å². The third-order valence-electron chi connectivity index (χ3n) is 5.28. The van der Waals surface area contributed by atoms with Crippen LogP contribution in [-0.2, 0) is 4.79 Å². The van der Waals surface area contributed by atoms with Crippen molar-refractivity contribution in [2.24, 2.45) is 0 Å². The molecular formula is C22H20F4N2O4. The molecule has 4 rings (SSSR count). The van der Waals surface area contributed by atoms with E-state index in [0.29, 0.717) is 22.5 Å². The number of carbonyl (C=O) groups excluding carboxylic acids is 1. The van der Waals surface area contributed by atoms with Gasteiger partial charge in [-0.1, -0.05) is 12.2 Å². The van der Waals surface area contributed by atoms with Gasteiger partial charge in [0.25, 0.3) is 0 Å². The number of phenols is 2. The van der Waals surface area contributed by atoms with Crippen LogP contribution in [0, 0.1) is 30.2 Å². The van der Waals surface area contributed by atoms with Crippen molar-refractivity contribution < 1.29 is 37.3 Å². The van der Waals surface area contributed by atoms with Crippen molar-refractivity contribution in [2.45, 2.75) is 19.8 Å². The SMILES string of the molecule is Cc1c(O)c(N2CC2)c(C=CCCC(=O)Oc2c(F)c(F)cc(F)c2F)c(O)c1N1CC1. The van der Waals surface area contributed by atoms with E-state index < -0.39 is 35.0 Å². The van der Waals surface area contributed by atoms with Gasteiger partial charge in [-0.25, -0.2) is 8.78 Å². The number of phenolic OH excluding ortho intramolecular Hbond substituents is 2. The minimum Gasteiger partial charge on any atom is -0.505 e. The Kier molecular flexibility index (Phi) is 5.62. The van der Waals surface area contributed by atoms with E-state index in [1.807, 2.05) is 9.80 Å². The zero-order valence-corrected chi connectivity index (χ0v) is 17.1. The van der Waals surface area contributed by atoms with Crippen LogP contribution in [0.4, 0.5) is 28.9 Å². The van der Waals surface area contributed by atoms with Crippen LogP contribution in [0.1, 0.15) is 24.0 Å². The zero-order chi connectivity index (χ0) is 23.2. The molecule has 2 N–H and O–H groups in total. The number of allylic oxidation sites excluding steroid dienone is 1. The highest BCUT2D eigenvalue weighted by atomic mass is 19.2. The van der Waals surface area contributed by atoms with Gasteiger partial charge in [0.05, 0.1) is 11.4 Å². The second kappa shape index (κ2) is 8.25. The van der Waals surface area contributed by atoms with Crippen molar-refractivity contribution in [3.05, 3.63) is 46.5 Å². The first-order valence-corrected chi connectivity index (χ1v) is 9.99. The Balaban J connectivity index is 1.49. The molecule has 0 aromatic heterocycles. The highest BCUT2D eigenvalue weighted by Gasteiger charge is 2.33. The van der Waals surface area contributed by atoms with Crippen molar-refractivity contribution >= 4 is 23.4 Å². The number of benzene rings is 2. The fraction of sp³-hybridized carbons (Fsp3) is 0.318. The first-order chi connectivity index (χ1) is 15.2. The van der Waals surface area contributed by atoms with E-state index >= 15 is 0 Å². The van der Waals surface area contributed by atoms with Crippen LogP contribution in [0.15, 0.2) is 12.1 Å². The lowest BCUT2D eigenvalue weighted by Gasteiger charge is -2.19. The summed E-state index contributed by atoms with van der Waals surface area (Å²) in [6, 6.07) is 0.0220. The van der Waals surface area contributed by atoms with Gasteiger partial charge in [0.15, 0.2) is 11.6 Å². The van der Waals surface area contributed by atoms with E-state index in [-0.39, 0.29) is 30.4 Å². The van der Waals surface area contributed by atoms with E-state index in [2.05, 4.69) is 4.74 Å². The van der Waals surface area contributed by atoms with Crippen molar-refractivity contribution in [3.8, 4) is 17.2 Å². The Bertz CT molecular complexity index is 1100. The minimum atomic E-state index is -1.79. The van der Waals surface area contributed by atoms with E-state index in [1.54, 1.807) is 13.0 Å². The number of anilines is 2. The summed E-state index contributed by atoms with van der Waals surface area (Å²) in [6.45, 7) is 4.71. The number of hydrogen-bond donors (Lipinski definition) is 2. The average molecular weight is 452 g/mol. The molecule has 6 nitrogen and oxygen atoms in total. The number of esters is 1. The lowest BCUT2D eigenvalue weighted by Crippen LogP contribution is -2.11. The molecule has 170 valence electrons. The molecule has 32 heavy (non-hydrogen) atoms. The minimum absolute atomic E-state index is 0.0119. The molecule has 0 amide bonds. The van der Waals surface area contributed by atoms with Crippen LogP contribution in [-0.4, -0.2) is 42.4 Å². The van der Waals surface area contributed by atoms with Crippen LogP contribution in [0.2, 0.25) is 0 Å². The zero-order valence-electron chi connectivity index (χ0n) is 17.1. The number of carbonyl (C=O) groups is 1. The number of hydrogen-bond acceptors (Lipinski definition) is 6. The van der Waals surface area contributed by atoms with Gasteiger partial charge in [-0.3, -0.25) is 4.79 Å². The highest BCUT2D eigenvalue weighted by Crippen LogP contribution is 2.50. The summed E-state index contributed by atoms with van der Waals surface area (Å²) >= 11 is 0. The number of nitrogens with zero attached hydrogens (tertiary/aromatic N) is 2. The summed E-state index contributed by atoms with van der Waals surface area (Å²) in [5.74, 6) is -9.37. The molecule has 0 saturated carbocycles. The molecule has 2 aromatic rings. The number of halogens is 4. The molecule has 0 unspecified atom stereocenters. The lowest BCUT2D eigenvalue weighted by atomic mass is 10.0. The molecule has 0 bridgehead atoms. The third-order valence-corrected chi connectivity index (χ3v) is 5.28. The summed E-state index contributed by atoms with van der Waals surface area (Å²) in [4.78, 5) is 15.7. The first kappa shape index (κ1) is 21.8. The van der Waals surface area contributed by atoms with E-state index in [9.17, 15) is 32.6 Å². The topological polar surface area (TPSA) is 72.8 Å². The second-order valence-electron chi connectivity index (χ2n) is 7.62. The van der Waals surface area contributed by atoms with Crippen molar-refractivity contribution in [1.29, 1.82) is 0 Å². The highest BCUT2D eigenvalue weighted by molar-refractivity contribution is 5.89. The fourth-order valence-corrected chi connectivity index (χ4v) is 3.45. The molecule has 2 heterocycles. The maximum absolute atomic E-state index is 13.6. The predicted octanol–water partition coefficient (Wildman–Crippen LogP) is 4.00. The molecule has 0 spiro atoms. The van der Waals surface area contributed by atoms with Gasteiger partial charge < -0.3 is 24.7 Å². The standard InChI is InChI=1S/C22H20F4N2O4/c1-11-18(27-6-7-27)21(31)12(19(20(11)30)28-8-9-28)4-2-3-5-15(29)32-22-16(25)13(23)10-14(24)17(22)26/h2,4,10,30-31H,3,5-9H2,1H3. The quantitative estimate of drug-likeness (QED) is 0.165. The molecule has 10 heteroatoms. The Hall–Kier alpha value is -3.43. The molecule has 0 aliphatic carbocycles. The molecule has 0 atom stereocenters. The van der Waals surface area contributed by atoms with Crippen LogP contribution >= 0.6 is 0 Å². The maximum atomic E-state index is 13.6. The second-order valence-corrected chi connectivity index (χ2v) is 7.62. The van der Waals surface area contributed by atoms with Crippen molar-refractivity contribution in [2.75, 3.05) is 36.0 Å². The summed E-state index contributed by atoms with van der Waals surface area (Å²) in [5.41, 5.74) is 2.01. The first-order valence-electron chi connectivity index (χ1n) is 9.99. The van der Waals surface area contributed by atoms with E-state index in [4.69, 9.17) is 0 Å². The summed E-state index contributed by atoms with van der Waals surface area (Å²) in [6.07, 6.45) is 2.78. The Morgan fingerprint density at radius 1 is 1.00 bits per heavy atom.